The number of nitrogens with zero attached hydrogens (tertiary/aromatic N) is 3. The molecule has 1 aromatic rings. The van der Waals surface area contributed by atoms with Gasteiger partial charge in [0.1, 0.15) is 5.82 Å². The summed E-state index contributed by atoms with van der Waals surface area (Å²) in [4.78, 5) is 20.5. The van der Waals surface area contributed by atoms with Gasteiger partial charge in [0.25, 0.3) is 0 Å². The number of amides is 1. The number of nitrogens with one attached hydrogen (secondary N) is 1. The third-order valence-electron chi connectivity index (χ3n) is 4.25. The Morgan fingerprint density at radius 1 is 1.30 bits per heavy atom. The zero-order valence-electron chi connectivity index (χ0n) is 12.0. The number of carbonyl (C=O) groups excluding carboxylic acids is 1. The molecule has 0 aromatic carbocycles. The Bertz CT molecular complexity index is 467. The number of carbonyl (C=O) groups is 1. The molecule has 1 amide bonds. The summed E-state index contributed by atoms with van der Waals surface area (Å²) in [6, 6.07) is 4.45. The summed E-state index contributed by atoms with van der Waals surface area (Å²) in [6.45, 7) is 6.58. The Morgan fingerprint density at radius 3 is 2.75 bits per heavy atom. The molecule has 0 saturated carbocycles. The summed E-state index contributed by atoms with van der Waals surface area (Å²) < 4.78 is 0. The molecule has 0 unspecified atom stereocenters. The van der Waals surface area contributed by atoms with E-state index in [1.807, 2.05) is 11.1 Å². The van der Waals surface area contributed by atoms with E-state index in [2.05, 4.69) is 27.3 Å². The van der Waals surface area contributed by atoms with Crippen LogP contribution in [0.4, 0.5) is 5.82 Å². The largest absolute Gasteiger partial charge is 0.354 e. The van der Waals surface area contributed by atoms with Crippen LogP contribution in [0.5, 0.6) is 0 Å². The predicted octanol–water partition coefficient (Wildman–Crippen LogP) is 1.17. The van der Waals surface area contributed by atoms with Gasteiger partial charge in [0.2, 0.25) is 5.91 Å². The first-order valence-corrected chi connectivity index (χ1v) is 7.44. The number of anilines is 1. The zero-order valence-corrected chi connectivity index (χ0v) is 12.0. The van der Waals surface area contributed by atoms with Crippen LogP contribution < -0.4 is 10.2 Å². The molecule has 1 aromatic heterocycles. The quantitative estimate of drug-likeness (QED) is 0.879. The number of hydrogen-bond donors (Lipinski definition) is 1. The molecule has 5 nitrogen and oxygen atoms in total. The van der Waals surface area contributed by atoms with Crippen molar-refractivity contribution in [3.63, 3.8) is 0 Å². The van der Waals surface area contributed by atoms with Gasteiger partial charge in [-0.05, 0) is 24.5 Å². The summed E-state index contributed by atoms with van der Waals surface area (Å²) in [7, 11) is 0. The lowest BCUT2D eigenvalue weighted by Crippen LogP contribution is -2.43. The standard InChI is InChI=1S/C15H22N4O/c1-12(20)19-8-2-3-14(19)13-4-5-15(17-11-13)18-9-6-16-7-10-18/h4-5,11,14,16H,2-3,6-10H2,1H3/t14-/m0/s1. The highest BCUT2D eigenvalue weighted by molar-refractivity contribution is 5.74. The van der Waals surface area contributed by atoms with Crippen molar-refractivity contribution in [2.45, 2.75) is 25.8 Å². The van der Waals surface area contributed by atoms with Gasteiger partial charge in [-0.15, -0.1) is 0 Å². The van der Waals surface area contributed by atoms with Crippen molar-refractivity contribution < 1.29 is 4.79 Å². The maximum Gasteiger partial charge on any atom is 0.219 e. The molecule has 1 atom stereocenters. The molecule has 20 heavy (non-hydrogen) atoms. The van der Waals surface area contributed by atoms with Crippen molar-refractivity contribution in [1.29, 1.82) is 0 Å². The smallest absolute Gasteiger partial charge is 0.219 e. The minimum atomic E-state index is 0.165. The lowest BCUT2D eigenvalue weighted by Gasteiger charge is -2.29. The highest BCUT2D eigenvalue weighted by atomic mass is 16.2. The van der Waals surface area contributed by atoms with E-state index in [1.54, 1.807) is 6.92 Å². The van der Waals surface area contributed by atoms with Gasteiger partial charge in [0.05, 0.1) is 6.04 Å². The minimum absolute atomic E-state index is 0.165. The Balaban J connectivity index is 1.73. The van der Waals surface area contributed by atoms with Crippen LogP contribution in [0.2, 0.25) is 0 Å². The molecule has 0 aliphatic carbocycles. The second-order valence-electron chi connectivity index (χ2n) is 5.56. The Morgan fingerprint density at radius 2 is 2.10 bits per heavy atom. The molecule has 0 bridgehead atoms. The first-order chi connectivity index (χ1) is 9.75. The number of likely N-dealkylation sites (tertiary alicyclic amines) is 1. The summed E-state index contributed by atoms with van der Waals surface area (Å²) in [5.41, 5.74) is 1.16. The van der Waals surface area contributed by atoms with E-state index in [-0.39, 0.29) is 11.9 Å². The van der Waals surface area contributed by atoms with E-state index < -0.39 is 0 Å². The van der Waals surface area contributed by atoms with Crippen LogP contribution in [-0.2, 0) is 4.79 Å². The van der Waals surface area contributed by atoms with Gasteiger partial charge in [-0.3, -0.25) is 4.79 Å². The number of pyridine rings is 1. The first kappa shape index (κ1) is 13.4. The highest BCUT2D eigenvalue weighted by Crippen LogP contribution is 2.32. The second kappa shape index (κ2) is 5.79. The fraction of sp³-hybridized carbons (Fsp3) is 0.600. The van der Waals surface area contributed by atoms with E-state index in [0.29, 0.717) is 0 Å². The number of aromatic nitrogens is 1. The van der Waals surface area contributed by atoms with E-state index in [1.165, 1.54) is 0 Å². The summed E-state index contributed by atoms with van der Waals surface area (Å²) in [6.07, 6.45) is 4.08. The lowest BCUT2D eigenvalue weighted by molar-refractivity contribution is -0.129. The fourth-order valence-corrected chi connectivity index (χ4v) is 3.17. The van der Waals surface area contributed by atoms with E-state index in [0.717, 1.165) is 56.9 Å². The number of piperazine rings is 1. The lowest BCUT2D eigenvalue weighted by atomic mass is 10.1. The molecule has 3 heterocycles. The molecule has 3 rings (SSSR count). The monoisotopic (exact) mass is 274 g/mol. The van der Waals surface area contributed by atoms with E-state index in [4.69, 9.17) is 0 Å². The number of rotatable bonds is 2. The average Bonchev–Trinajstić information content (AvgIpc) is 2.98. The van der Waals surface area contributed by atoms with Crippen molar-refractivity contribution >= 4 is 11.7 Å². The van der Waals surface area contributed by atoms with Gasteiger partial charge in [-0.25, -0.2) is 4.98 Å². The Kier molecular flexibility index (Phi) is 3.87. The minimum Gasteiger partial charge on any atom is -0.354 e. The topological polar surface area (TPSA) is 48.5 Å². The van der Waals surface area contributed by atoms with E-state index in [9.17, 15) is 4.79 Å². The van der Waals surface area contributed by atoms with Crippen LogP contribution >= 0.6 is 0 Å². The second-order valence-corrected chi connectivity index (χ2v) is 5.56. The van der Waals surface area contributed by atoms with E-state index >= 15 is 0 Å². The van der Waals surface area contributed by atoms with Crippen LogP contribution in [0.1, 0.15) is 31.4 Å². The van der Waals surface area contributed by atoms with Crippen LogP contribution in [0.15, 0.2) is 18.3 Å². The molecule has 2 fully saturated rings. The summed E-state index contributed by atoms with van der Waals surface area (Å²) in [5, 5.41) is 3.35. The summed E-state index contributed by atoms with van der Waals surface area (Å²) >= 11 is 0. The normalized spacial score (nSPS) is 23.1. The average molecular weight is 274 g/mol. The molecule has 2 aliphatic heterocycles. The van der Waals surface area contributed by atoms with Crippen molar-refractivity contribution in [3.05, 3.63) is 23.9 Å². The van der Waals surface area contributed by atoms with Crippen LogP contribution in [0, 0.1) is 0 Å². The third-order valence-corrected chi connectivity index (χ3v) is 4.25. The molecule has 0 spiro atoms. The molecule has 2 saturated heterocycles. The van der Waals surface area contributed by atoms with Gasteiger partial charge < -0.3 is 15.1 Å². The number of hydrogen-bond acceptors (Lipinski definition) is 4. The Labute approximate surface area is 120 Å². The first-order valence-electron chi connectivity index (χ1n) is 7.44. The van der Waals surface area contributed by atoms with Gasteiger partial charge in [-0.2, -0.15) is 0 Å². The van der Waals surface area contributed by atoms with Crippen molar-refractivity contribution in [3.8, 4) is 0 Å². The van der Waals surface area contributed by atoms with Crippen molar-refractivity contribution in [2.24, 2.45) is 0 Å². The maximum atomic E-state index is 11.6. The maximum absolute atomic E-state index is 11.6. The summed E-state index contributed by atoms with van der Waals surface area (Å²) in [5.74, 6) is 1.21. The Hall–Kier alpha value is -1.62. The van der Waals surface area contributed by atoms with Gasteiger partial charge in [0.15, 0.2) is 0 Å². The molecule has 2 aliphatic rings. The van der Waals surface area contributed by atoms with Crippen LogP contribution in [-0.4, -0.2) is 48.5 Å². The molecular weight excluding hydrogens is 252 g/mol. The predicted molar refractivity (Wildman–Crippen MR) is 78.7 cm³/mol. The van der Waals surface area contributed by atoms with Crippen LogP contribution in [0.25, 0.3) is 0 Å². The SMILES string of the molecule is CC(=O)N1CCC[C@H]1c1ccc(N2CCNCC2)nc1. The molecule has 5 heteroatoms. The van der Waals surface area contributed by atoms with Crippen molar-refractivity contribution in [2.75, 3.05) is 37.6 Å². The van der Waals surface area contributed by atoms with Gasteiger partial charge in [-0.1, -0.05) is 6.07 Å². The molecule has 0 radical (unpaired) electrons. The zero-order chi connectivity index (χ0) is 13.9. The molecule has 108 valence electrons. The van der Waals surface area contributed by atoms with Gasteiger partial charge >= 0.3 is 0 Å². The third kappa shape index (κ3) is 2.63. The van der Waals surface area contributed by atoms with Gasteiger partial charge in [0, 0.05) is 45.8 Å². The molecular formula is C15H22N4O. The fourth-order valence-electron chi connectivity index (χ4n) is 3.17. The molecule has 1 N–H and O–H groups in total. The highest BCUT2D eigenvalue weighted by Gasteiger charge is 2.28. The van der Waals surface area contributed by atoms with Crippen molar-refractivity contribution in [1.82, 2.24) is 15.2 Å². The van der Waals surface area contributed by atoms with Crippen LogP contribution in [0.3, 0.4) is 0 Å².